The summed E-state index contributed by atoms with van der Waals surface area (Å²) < 4.78 is 13.2. The molecule has 1 heterocycles. The number of para-hydroxylation sites is 1. The van der Waals surface area contributed by atoms with E-state index in [4.69, 9.17) is 4.74 Å². The Bertz CT molecular complexity index is 586. The van der Waals surface area contributed by atoms with E-state index in [1.807, 2.05) is 43.3 Å². The van der Waals surface area contributed by atoms with Gasteiger partial charge in [-0.25, -0.2) is 0 Å². The maximum Gasteiger partial charge on any atom is 0.272 e. The molecule has 2 rings (SSSR count). The lowest BCUT2D eigenvalue weighted by Crippen LogP contribution is -2.34. The molecule has 1 unspecified atom stereocenters. The molecule has 0 radical (unpaired) electrons. The molecule has 0 bridgehead atoms. The van der Waals surface area contributed by atoms with E-state index < -0.39 is 0 Å². The van der Waals surface area contributed by atoms with Crippen LogP contribution in [0.1, 0.15) is 22.1 Å². The van der Waals surface area contributed by atoms with Crippen molar-refractivity contribution >= 4 is 17.6 Å². The molecule has 0 saturated carbocycles. The summed E-state index contributed by atoms with van der Waals surface area (Å²) in [6, 6.07) is 7.81. The second-order valence-corrected chi connectivity index (χ2v) is 5.28. The van der Waals surface area contributed by atoms with E-state index in [0.29, 0.717) is 12.2 Å². The molecule has 1 aromatic carbocycles. The molecule has 0 aliphatic rings. The smallest absolute Gasteiger partial charge is 0.272 e. The predicted molar refractivity (Wildman–Crippen MR) is 81.7 cm³/mol. The van der Waals surface area contributed by atoms with Gasteiger partial charge in [0.2, 0.25) is 0 Å². The molecule has 1 N–H and O–H groups in total. The Labute approximate surface area is 128 Å². The second-order valence-electron chi connectivity index (χ2n) is 4.72. The van der Waals surface area contributed by atoms with Crippen LogP contribution in [0.15, 0.2) is 30.5 Å². The van der Waals surface area contributed by atoms with Crippen molar-refractivity contribution in [3.05, 3.63) is 41.7 Å². The largest absolute Gasteiger partial charge is 0.496 e. The third-order valence-corrected chi connectivity index (χ3v) is 3.65. The summed E-state index contributed by atoms with van der Waals surface area (Å²) in [6.45, 7) is 0.462. The fraction of sp³-hybridized carbons (Fsp3) is 0.357. The van der Waals surface area contributed by atoms with Crippen LogP contribution >= 0.6 is 11.7 Å². The van der Waals surface area contributed by atoms with Gasteiger partial charge in [0, 0.05) is 12.1 Å². The van der Waals surface area contributed by atoms with E-state index in [2.05, 4.69) is 14.1 Å². The first-order valence-electron chi connectivity index (χ1n) is 6.48. The van der Waals surface area contributed by atoms with E-state index in [1.54, 1.807) is 7.11 Å². The van der Waals surface area contributed by atoms with Crippen LogP contribution in [0.4, 0.5) is 0 Å². The van der Waals surface area contributed by atoms with Crippen LogP contribution in [0.25, 0.3) is 0 Å². The number of hydrogen-bond acceptors (Lipinski definition) is 6. The zero-order chi connectivity index (χ0) is 15.2. The van der Waals surface area contributed by atoms with Crippen molar-refractivity contribution in [2.45, 2.75) is 6.04 Å². The fourth-order valence-corrected chi connectivity index (χ4v) is 2.47. The van der Waals surface area contributed by atoms with Gasteiger partial charge < -0.3 is 15.0 Å². The molecule has 7 heteroatoms. The average molecular weight is 306 g/mol. The Hall–Kier alpha value is -1.99. The Morgan fingerprint density at radius 3 is 2.81 bits per heavy atom. The zero-order valence-electron chi connectivity index (χ0n) is 12.2. The Balaban J connectivity index is 2.11. The van der Waals surface area contributed by atoms with Gasteiger partial charge in [-0.3, -0.25) is 4.79 Å². The number of amides is 1. The van der Waals surface area contributed by atoms with Crippen LogP contribution in [-0.4, -0.2) is 47.3 Å². The molecule has 1 amide bonds. The van der Waals surface area contributed by atoms with Crippen molar-refractivity contribution in [1.82, 2.24) is 19.0 Å². The van der Waals surface area contributed by atoms with Crippen LogP contribution in [0.5, 0.6) is 5.75 Å². The van der Waals surface area contributed by atoms with Crippen molar-refractivity contribution in [2.75, 3.05) is 27.7 Å². The van der Waals surface area contributed by atoms with Gasteiger partial charge in [-0.2, -0.15) is 8.75 Å². The van der Waals surface area contributed by atoms with Gasteiger partial charge >= 0.3 is 0 Å². The van der Waals surface area contributed by atoms with Crippen LogP contribution < -0.4 is 10.1 Å². The first kappa shape index (κ1) is 15.4. The summed E-state index contributed by atoms with van der Waals surface area (Å²) in [5, 5.41) is 2.88. The Kier molecular flexibility index (Phi) is 5.24. The van der Waals surface area contributed by atoms with Gasteiger partial charge in [0.05, 0.1) is 31.1 Å². The van der Waals surface area contributed by atoms with Gasteiger partial charge in [-0.05, 0) is 20.2 Å². The first-order chi connectivity index (χ1) is 10.1. The monoisotopic (exact) mass is 306 g/mol. The number of benzene rings is 1. The second kappa shape index (κ2) is 7.14. The van der Waals surface area contributed by atoms with Crippen LogP contribution in [0, 0.1) is 0 Å². The molecular weight excluding hydrogens is 288 g/mol. The first-order valence-corrected chi connectivity index (χ1v) is 7.21. The number of ether oxygens (including phenoxy) is 1. The van der Waals surface area contributed by atoms with Gasteiger partial charge in [0.25, 0.3) is 5.91 Å². The zero-order valence-corrected chi connectivity index (χ0v) is 13.1. The van der Waals surface area contributed by atoms with Gasteiger partial charge in [-0.1, -0.05) is 18.2 Å². The highest BCUT2D eigenvalue weighted by molar-refractivity contribution is 6.99. The minimum Gasteiger partial charge on any atom is -0.496 e. The maximum atomic E-state index is 12.0. The lowest BCUT2D eigenvalue weighted by molar-refractivity contribution is 0.0937. The van der Waals surface area contributed by atoms with Crippen molar-refractivity contribution in [2.24, 2.45) is 0 Å². The Morgan fingerprint density at radius 2 is 2.19 bits per heavy atom. The highest BCUT2D eigenvalue weighted by Crippen LogP contribution is 2.27. The highest BCUT2D eigenvalue weighted by Gasteiger charge is 2.19. The molecule has 112 valence electrons. The van der Waals surface area contributed by atoms with Crippen LogP contribution in [0.2, 0.25) is 0 Å². The normalized spacial score (nSPS) is 12.2. The van der Waals surface area contributed by atoms with Gasteiger partial charge in [0.15, 0.2) is 5.69 Å². The molecule has 6 nitrogen and oxygen atoms in total. The topological polar surface area (TPSA) is 67.3 Å². The van der Waals surface area contributed by atoms with Crippen molar-refractivity contribution in [3.63, 3.8) is 0 Å². The van der Waals surface area contributed by atoms with E-state index in [9.17, 15) is 4.79 Å². The molecule has 0 saturated heterocycles. The minimum absolute atomic E-state index is 0.0108. The molecule has 0 aliphatic heterocycles. The Morgan fingerprint density at radius 1 is 1.43 bits per heavy atom. The number of nitrogens with one attached hydrogen (secondary N) is 1. The van der Waals surface area contributed by atoms with Crippen LogP contribution in [0.3, 0.4) is 0 Å². The third kappa shape index (κ3) is 3.77. The van der Waals surface area contributed by atoms with Gasteiger partial charge in [-0.15, -0.1) is 0 Å². The van der Waals surface area contributed by atoms with E-state index >= 15 is 0 Å². The summed E-state index contributed by atoms with van der Waals surface area (Å²) in [4.78, 5) is 14.0. The summed E-state index contributed by atoms with van der Waals surface area (Å²) in [6.07, 6.45) is 1.47. The molecular formula is C14H18N4O2S. The van der Waals surface area contributed by atoms with E-state index in [1.165, 1.54) is 6.20 Å². The number of aromatic nitrogens is 2. The summed E-state index contributed by atoms with van der Waals surface area (Å²) >= 11 is 1.02. The van der Waals surface area contributed by atoms with Crippen LogP contribution in [-0.2, 0) is 0 Å². The molecule has 2 aromatic rings. The molecule has 0 spiro atoms. The minimum atomic E-state index is -0.217. The molecule has 1 atom stereocenters. The maximum absolute atomic E-state index is 12.0. The quantitative estimate of drug-likeness (QED) is 0.877. The number of rotatable bonds is 6. The fourth-order valence-electron chi connectivity index (χ4n) is 2.06. The lowest BCUT2D eigenvalue weighted by Gasteiger charge is -2.26. The standard InChI is InChI=1S/C14H18N4O2S/c1-18(2)12(10-6-4-5-7-13(10)20-3)9-15-14(19)11-8-16-21-17-11/h4-8,12H,9H2,1-3H3,(H,15,19). The van der Waals surface area contributed by atoms with Crippen molar-refractivity contribution in [1.29, 1.82) is 0 Å². The number of likely N-dealkylation sites (N-methyl/N-ethyl adjacent to an activating group) is 1. The SMILES string of the molecule is COc1ccccc1C(CNC(=O)c1cnsn1)N(C)C. The van der Waals surface area contributed by atoms with Gasteiger partial charge in [0.1, 0.15) is 5.75 Å². The summed E-state index contributed by atoms with van der Waals surface area (Å²) in [5.41, 5.74) is 1.37. The molecule has 0 fully saturated rings. The lowest BCUT2D eigenvalue weighted by atomic mass is 10.0. The van der Waals surface area contributed by atoms with Crippen molar-refractivity contribution < 1.29 is 9.53 Å². The number of nitrogens with zero attached hydrogens (tertiary/aromatic N) is 3. The average Bonchev–Trinajstić information content (AvgIpc) is 3.01. The van der Waals surface area contributed by atoms with E-state index in [-0.39, 0.29) is 11.9 Å². The van der Waals surface area contributed by atoms with E-state index in [0.717, 1.165) is 23.0 Å². The molecule has 1 aromatic heterocycles. The number of carbonyl (C=O) groups is 1. The number of hydrogen-bond donors (Lipinski definition) is 1. The third-order valence-electron chi connectivity index (χ3n) is 3.17. The summed E-state index contributed by atoms with van der Waals surface area (Å²) in [7, 11) is 5.58. The highest BCUT2D eigenvalue weighted by atomic mass is 32.1. The molecule has 21 heavy (non-hydrogen) atoms. The number of carbonyl (C=O) groups excluding carboxylic acids is 1. The molecule has 0 aliphatic carbocycles. The number of methoxy groups -OCH3 is 1. The predicted octanol–water partition coefficient (Wildman–Crippen LogP) is 1.58. The van der Waals surface area contributed by atoms with Crippen molar-refractivity contribution in [3.8, 4) is 5.75 Å². The summed E-state index contributed by atoms with van der Waals surface area (Å²) in [5.74, 6) is 0.589.